The third-order valence-corrected chi connectivity index (χ3v) is 4.49. The minimum Gasteiger partial charge on any atom is -0.311 e. The molecule has 2 unspecified atom stereocenters. The van der Waals surface area contributed by atoms with Crippen LogP contribution in [-0.4, -0.2) is 61.2 Å². The first-order valence-electron chi connectivity index (χ1n) is 7.88. The van der Waals surface area contributed by atoms with E-state index in [4.69, 9.17) is 0 Å². The number of rotatable bonds is 4. The van der Waals surface area contributed by atoms with E-state index in [0.717, 1.165) is 18.0 Å². The molecule has 2 rings (SSSR count). The summed E-state index contributed by atoms with van der Waals surface area (Å²) in [5.41, 5.74) is 0. The van der Waals surface area contributed by atoms with Crippen LogP contribution in [0, 0.1) is 5.92 Å². The van der Waals surface area contributed by atoms with E-state index in [1.165, 1.54) is 58.5 Å². The van der Waals surface area contributed by atoms with Crippen molar-refractivity contribution in [3.63, 3.8) is 0 Å². The van der Waals surface area contributed by atoms with Crippen LogP contribution in [0.25, 0.3) is 0 Å². The van der Waals surface area contributed by atoms with Gasteiger partial charge in [0.1, 0.15) is 0 Å². The van der Waals surface area contributed by atoms with Crippen molar-refractivity contribution in [2.75, 3.05) is 39.3 Å². The van der Waals surface area contributed by atoms with Crippen molar-refractivity contribution in [1.29, 1.82) is 0 Å². The molecule has 0 spiro atoms. The fourth-order valence-electron chi connectivity index (χ4n) is 3.53. The van der Waals surface area contributed by atoms with Crippen molar-refractivity contribution in [1.82, 2.24) is 15.1 Å². The molecule has 0 aromatic heterocycles. The predicted molar refractivity (Wildman–Crippen MR) is 78.0 cm³/mol. The molecule has 0 amide bonds. The highest BCUT2D eigenvalue weighted by molar-refractivity contribution is 4.87. The molecule has 0 radical (unpaired) electrons. The molecular formula is C15H31N3. The Labute approximate surface area is 113 Å². The maximum absolute atomic E-state index is 3.69. The molecule has 3 nitrogen and oxygen atoms in total. The van der Waals surface area contributed by atoms with Crippen LogP contribution in [0.1, 0.15) is 40.0 Å². The number of likely N-dealkylation sites (tertiary alicyclic amines) is 1. The van der Waals surface area contributed by atoms with Gasteiger partial charge in [-0.2, -0.15) is 0 Å². The Bertz CT molecular complexity index is 242. The topological polar surface area (TPSA) is 18.5 Å². The first kappa shape index (κ1) is 14.3. The molecule has 18 heavy (non-hydrogen) atoms. The van der Waals surface area contributed by atoms with Gasteiger partial charge in [0.25, 0.3) is 0 Å². The molecule has 2 aliphatic heterocycles. The van der Waals surface area contributed by atoms with Crippen LogP contribution >= 0.6 is 0 Å². The van der Waals surface area contributed by atoms with Gasteiger partial charge in [0.2, 0.25) is 0 Å². The van der Waals surface area contributed by atoms with Gasteiger partial charge in [-0.05, 0) is 38.3 Å². The Balaban J connectivity index is 1.84. The van der Waals surface area contributed by atoms with Gasteiger partial charge in [-0.1, -0.05) is 20.8 Å². The van der Waals surface area contributed by atoms with E-state index in [9.17, 15) is 0 Å². The van der Waals surface area contributed by atoms with Gasteiger partial charge in [0.15, 0.2) is 0 Å². The van der Waals surface area contributed by atoms with Crippen LogP contribution in [0.4, 0.5) is 0 Å². The summed E-state index contributed by atoms with van der Waals surface area (Å²) in [5.74, 6) is 0.806. The largest absolute Gasteiger partial charge is 0.311 e. The Morgan fingerprint density at radius 2 is 2.06 bits per heavy atom. The minimum absolute atomic E-state index is 0.718. The standard InChI is InChI=1S/C15H31N3/c1-4-17-8-5-6-15(12-17)18-9-7-16-14(11-18)10-13(2)3/h13-16H,4-12H2,1-3H3. The summed E-state index contributed by atoms with van der Waals surface area (Å²) in [4.78, 5) is 5.37. The SMILES string of the molecule is CCN1CCCC(N2CCNC(CC(C)C)C2)C1. The second kappa shape index (κ2) is 6.88. The predicted octanol–water partition coefficient (Wildman–Crippen LogP) is 1.79. The average molecular weight is 253 g/mol. The molecule has 3 heteroatoms. The highest BCUT2D eigenvalue weighted by Crippen LogP contribution is 2.18. The zero-order chi connectivity index (χ0) is 13.0. The fourth-order valence-corrected chi connectivity index (χ4v) is 3.53. The summed E-state index contributed by atoms with van der Waals surface area (Å²) < 4.78 is 0. The summed E-state index contributed by atoms with van der Waals surface area (Å²) >= 11 is 0. The molecule has 106 valence electrons. The number of hydrogen-bond donors (Lipinski definition) is 1. The van der Waals surface area contributed by atoms with Crippen LogP contribution in [0.3, 0.4) is 0 Å². The van der Waals surface area contributed by atoms with E-state index >= 15 is 0 Å². The minimum atomic E-state index is 0.718. The maximum atomic E-state index is 3.69. The zero-order valence-electron chi connectivity index (χ0n) is 12.5. The van der Waals surface area contributed by atoms with Crippen molar-refractivity contribution in [2.45, 2.75) is 52.1 Å². The lowest BCUT2D eigenvalue weighted by Crippen LogP contribution is -2.57. The van der Waals surface area contributed by atoms with E-state index < -0.39 is 0 Å². The van der Waals surface area contributed by atoms with Gasteiger partial charge in [0, 0.05) is 38.3 Å². The lowest BCUT2D eigenvalue weighted by atomic mass is 9.98. The second-order valence-corrected chi connectivity index (χ2v) is 6.46. The number of likely N-dealkylation sites (N-methyl/N-ethyl adjacent to an activating group) is 1. The third kappa shape index (κ3) is 3.94. The molecule has 2 atom stereocenters. The summed E-state index contributed by atoms with van der Waals surface area (Å²) in [7, 11) is 0. The average Bonchev–Trinajstić information content (AvgIpc) is 2.38. The van der Waals surface area contributed by atoms with E-state index in [0.29, 0.717) is 0 Å². The van der Waals surface area contributed by atoms with Crippen molar-refractivity contribution in [3.8, 4) is 0 Å². The van der Waals surface area contributed by atoms with Crippen molar-refractivity contribution < 1.29 is 0 Å². The molecule has 0 saturated carbocycles. The molecule has 2 fully saturated rings. The zero-order valence-corrected chi connectivity index (χ0v) is 12.5. The highest BCUT2D eigenvalue weighted by Gasteiger charge is 2.28. The van der Waals surface area contributed by atoms with Gasteiger partial charge in [-0.15, -0.1) is 0 Å². The maximum Gasteiger partial charge on any atom is 0.0224 e. The quantitative estimate of drug-likeness (QED) is 0.824. The van der Waals surface area contributed by atoms with Crippen molar-refractivity contribution in [3.05, 3.63) is 0 Å². The number of nitrogens with zero attached hydrogens (tertiary/aromatic N) is 2. The Kier molecular flexibility index (Phi) is 5.46. The number of piperidine rings is 1. The molecule has 1 N–H and O–H groups in total. The summed E-state index contributed by atoms with van der Waals surface area (Å²) in [6, 6.07) is 1.53. The van der Waals surface area contributed by atoms with E-state index in [-0.39, 0.29) is 0 Å². The van der Waals surface area contributed by atoms with Gasteiger partial charge in [-0.25, -0.2) is 0 Å². The van der Waals surface area contributed by atoms with Gasteiger partial charge < -0.3 is 10.2 Å². The van der Waals surface area contributed by atoms with Gasteiger partial charge in [-0.3, -0.25) is 4.90 Å². The second-order valence-electron chi connectivity index (χ2n) is 6.46. The Morgan fingerprint density at radius 1 is 1.22 bits per heavy atom. The van der Waals surface area contributed by atoms with Gasteiger partial charge in [0.05, 0.1) is 0 Å². The fraction of sp³-hybridized carbons (Fsp3) is 1.00. The lowest BCUT2D eigenvalue weighted by molar-refractivity contribution is 0.0730. The van der Waals surface area contributed by atoms with Crippen LogP contribution in [-0.2, 0) is 0 Å². The molecule has 2 heterocycles. The normalized spacial score (nSPS) is 32.0. The molecule has 0 bridgehead atoms. The lowest BCUT2D eigenvalue weighted by Gasteiger charge is -2.43. The molecule has 0 aromatic rings. The monoisotopic (exact) mass is 253 g/mol. The molecule has 2 saturated heterocycles. The van der Waals surface area contributed by atoms with E-state index in [1.807, 2.05) is 0 Å². The van der Waals surface area contributed by atoms with Crippen LogP contribution in [0.2, 0.25) is 0 Å². The molecular weight excluding hydrogens is 222 g/mol. The first-order valence-corrected chi connectivity index (χ1v) is 7.88. The number of hydrogen-bond acceptors (Lipinski definition) is 3. The van der Waals surface area contributed by atoms with Crippen molar-refractivity contribution in [2.24, 2.45) is 5.92 Å². The Morgan fingerprint density at radius 3 is 2.78 bits per heavy atom. The Hall–Kier alpha value is -0.120. The number of piperazine rings is 1. The summed E-state index contributed by atoms with van der Waals surface area (Å²) in [6.45, 7) is 14.5. The summed E-state index contributed by atoms with van der Waals surface area (Å²) in [6.07, 6.45) is 4.11. The third-order valence-electron chi connectivity index (χ3n) is 4.49. The summed E-state index contributed by atoms with van der Waals surface area (Å²) in [5, 5.41) is 3.69. The molecule has 0 aromatic carbocycles. The van der Waals surface area contributed by atoms with Crippen LogP contribution in [0.15, 0.2) is 0 Å². The van der Waals surface area contributed by atoms with Crippen LogP contribution < -0.4 is 5.32 Å². The van der Waals surface area contributed by atoms with Crippen LogP contribution in [0.5, 0.6) is 0 Å². The molecule has 2 aliphatic rings. The number of nitrogens with one attached hydrogen (secondary N) is 1. The van der Waals surface area contributed by atoms with Gasteiger partial charge >= 0.3 is 0 Å². The first-order chi connectivity index (χ1) is 8.69. The van der Waals surface area contributed by atoms with E-state index in [1.54, 1.807) is 0 Å². The highest BCUT2D eigenvalue weighted by atomic mass is 15.3. The molecule has 0 aliphatic carbocycles. The van der Waals surface area contributed by atoms with Crippen molar-refractivity contribution >= 4 is 0 Å². The smallest absolute Gasteiger partial charge is 0.0224 e. The van der Waals surface area contributed by atoms with E-state index in [2.05, 4.69) is 35.9 Å².